The van der Waals surface area contributed by atoms with E-state index in [-0.39, 0.29) is 12.1 Å². The van der Waals surface area contributed by atoms with Gasteiger partial charge in [-0.05, 0) is 49.1 Å². The fourth-order valence-corrected chi connectivity index (χ4v) is 3.52. The van der Waals surface area contributed by atoms with E-state index in [9.17, 15) is 0 Å². The molecule has 0 spiro atoms. The van der Waals surface area contributed by atoms with E-state index in [0.29, 0.717) is 6.61 Å². The van der Waals surface area contributed by atoms with Crippen LogP contribution in [0.4, 0.5) is 5.95 Å². The molecule has 2 aromatic carbocycles. The van der Waals surface area contributed by atoms with Gasteiger partial charge in [0, 0.05) is 0 Å². The lowest BCUT2D eigenvalue weighted by Gasteiger charge is -2.32. The first-order valence-electron chi connectivity index (χ1n) is 8.70. The summed E-state index contributed by atoms with van der Waals surface area (Å²) in [5.41, 5.74) is 3.81. The van der Waals surface area contributed by atoms with Crippen LogP contribution in [0.2, 0.25) is 0 Å². The van der Waals surface area contributed by atoms with Crippen molar-refractivity contribution < 1.29 is 4.74 Å². The number of aryl methyl sites for hydroxylation is 1. The fraction of sp³-hybridized carbons (Fsp3) is 0.300. The van der Waals surface area contributed by atoms with Crippen LogP contribution in [0.3, 0.4) is 0 Å². The summed E-state index contributed by atoms with van der Waals surface area (Å²) in [7, 11) is 0. The highest BCUT2D eigenvalue weighted by Crippen LogP contribution is 2.38. The van der Waals surface area contributed by atoms with Crippen molar-refractivity contribution >= 4 is 5.95 Å². The van der Waals surface area contributed by atoms with Crippen LogP contribution >= 0.6 is 0 Å². The lowest BCUT2D eigenvalue weighted by Crippen LogP contribution is -2.28. The Balaban J connectivity index is 1.67. The van der Waals surface area contributed by atoms with Crippen molar-refractivity contribution in [3.8, 4) is 5.75 Å². The van der Waals surface area contributed by atoms with Gasteiger partial charge in [0.2, 0.25) is 5.95 Å². The molecular formula is C20H22N4O. The first kappa shape index (κ1) is 15.7. The van der Waals surface area contributed by atoms with Gasteiger partial charge in [-0.1, -0.05) is 36.4 Å². The van der Waals surface area contributed by atoms with Gasteiger partial charge in [-0.15, -0.1) is 0 Å². The Hall–Kier alpha value is -2.82. The summed E-state index contributed by atoms with van der Waals surface area (Å²) >= 11 is 0. The van der Waals surface area contributed by atoms with Gasteiger partial charge < -0.3 is 10.1 Å². The van der Waals surface area contributed by atoms with Gasteiger partial charge in [0.1, 0.15) is 12.1 Å². The molecule has 0 fully saturated rings. The second-order valence-electron chi connectivity index (χ2n) is 6.34. The second kappa shape index (κ2) is 6.59. The third kappa shape index (κ3) is 2.97. The number of nitrogens with one attached hydrogen (secondary N) is 1. The van der Waals surface area contributed by atoms with Gasteiger partial charge in [0.25, 0.3) is 0 Å². The molecule has 0 saturated carbocycles. The predicted molar refractivity (Wildman–Crippen MR) is 97.9 cm³/mol. The zero-order valence-corrected chi connectivity index (χ0v) is 14.5. The quantitative estimate of drug-likeness (QED) is 0.779. The lowest BCUT2D eigenvalue weighted by molar-refractivity contribution is 0.340. The van der Waals surface area contributed by atoms with Crippen LogP contribution in [-0.4, -0.2) is 21.4 Å². The molecule has 5 heteroatoms. The van der Waals surface area contributed by atoms with Crippen molar-refractivity contribution in [1.29, 1.82) is 0 Å². The highest BCUT2D eigenvalue weighted by atomic mass is 16.5. The van der Waals surface area contributed by atoms with Gasteiger partial charge in [-0.25, -0.2) is 4.68 Å². The van der Waals surface area contributed by atoms with Crippen molar-refractivity contribution in [3.63, 3.8) is 0 Å². The second-order valence-corrected chi connectivity index (χ2v) is 6.34. The van der Waals surface area contributed by atoms with Crippen molar-refractivity contribution in [2.45, 2.75) is 32.4 Å². The number of aromatic nitrogens is 3. The van der Waals surface area contributed by atoms with E-state index < -0.39 is 0 Å². The number of anilines is 1. The van der Waals surface area contributed by atoms with Crippen molar-refractivity contribution in [2.24, 2.45) is 0 Å². The molecule has 1 N–H and O–H groups in total. The Morgan fingerprint density at radius 1 is 1.16 bits per heavy atom. The molecule has 1 aromatic heterocycles. The third-order valence-electron chi connectivity index (χ3n) is 4.77. The topological polar surface area (TPSA) is 52.0 Å². The van der Waals surface area contributed by atoms with Crippen molar-refractivity contribution in [2.75, 3.05) is 11.9 Å². The first-order chi connectivity index (χ1) is 12.3. The molecular weight excluding hydrogens is 312 g/mol. The molecule has 0 radical (unpaired) electrons. The summed E-state index contributed by atoms with van der Waals surface area (Å²) in [6.07, 6.45) is 2.55. The number of benzene rings is 2. The van der Waals surface area contributed by atoms with E-state index in [1.54, 1.807) is 6.33 Å². The van der Waals surface area contributed by atoms with Crippen molar-refractivity contribution in [3.05, 3.63) is 71.5 Å². The summed E-state index contributed by atoms with van der Waals surface area (Å²) in [4.78, 5) is 4.40. The monoisotopic (exact) mass is 334 g/mol. The van der Waals surface area contributed by atoms with E-state index in [0.717, 1.165) is 18.1 Å². The first-order valence-corrected chi connectivity index (χ1v) is 8.70. The Bertz CT molecular complexity index is 856. The summed E-state index contributed by atoms with van der Waals surface area (Å²) in [6, 6.07) is 17.2. The lowest BCUT2D eigenvalue weighted by atomic mass is 9.91. The molecule has 4 rings (SSSR count). The Morgan fingerprint density at radius 2 is 1.96 bits per heavy atom. The van der Waals surface area contributed by atoms with Crippen LogP contribution in [0.25, 0.3) is 0 Å². The van der Waals surface area contributed by atoms with E-state index in [4.69, 9.17) is 4.74 Å². The zero-order chi connectivity index (χ0) is 17.2. The van der Waals surface area contributed by atoms with E-state index >= 15 is 0 Å². The fourth-order valence-electron chi connectivity index (χ4n) is 3.52. The largest absolute Gasteiger partial charge is 0.494 e. The number of fused-ring (bicyclic) bond motifs is 1. The van der Waals surface area contributed by atoms with Crippen LogP contribution < -0.4 is 10.1 Å². The third-order valence-corrected chi connectivity index (χ3v) is 4.77. The average molecular weight is 334 g/mol. The molecule has 5 nitrogen and oxygen atoms in total. The molecule has 0 unspecified atom stereocenters. The molecule has 128 valence electrons. The SMILES string of the molecule is CCOc1ccc([C@H]2C[C@H](c3ccccc3C)n3ncnc3N2)cc1. The van der Waals surface area contributed by atoms with Crippen LogP contribution in [-0.2, 0) is 0 Å². The molecule has 2 heterocycles. The summed E-state index contributed by atoms with van der Waals surface area (Å²) in [5, 5.41) is 7.96. The average Bonchev–Trinajstić information content (AvgIpc) is 3.11. The number of rotatable bonds is 4. The van der Waals surface area contributed by atoms with Crippen molar-refractivity contribution in [1.82, 2.24) is 14.8 Å². The number of nitrogens with zero attached hydrogens (tertiary/aromatic N) is 3. The molecule has 0 aliphatic carbocycles. The maximum absolute atomic E-state index is 5.55. The minimum atomic E-state index is 0.177. The minimum absolute atomic E-state index is 0.177. The number of hydrogen-bond donors (Lipinski definition) is 1. The molecule has 0 bridgehead atoms. The minimum Gasteiger partial charge on any atom is -0.494 e. The predicted octanol–water partition coefficient (Wildman–Crippen LogP) is 4.13. The number of hydrogen-bond acceptors (Lipinski definition) is 4. The molecule has 2 atom stereocenters. The molecule has 0 saturated heterocycles. The van der Waals surface area contributed by atoms with E-state index in [2.05, 4.69) is 58.7 Å². The Labute approximate surface area is 147 Å². The van der Waals surface area contributed by atoms with E-state index in [1.165, 1.54) is 16.7 Å². The summed E-state index contributed by atoms with van der Waals surface area (Å²) < 4.78 is 7.54. The van der Waals surface area contributed by atoms with Crippen LogP contribution in [0.5, 0.6) is 5.75 Å². The van der Waals surface area contributed by atoms with Crippen LogP contribution in [0.15, 0.2) is 54.9 Å². The summed E-state index contributed by atoms with van der Waals surface area (Å²) in [6.45, 7) is 4.83. The smallest absolute Gasteiger partial charge is 0.222 e. The van der Waals surface area contributed by atoms with Gasteiger partial charge in [0.15, 0.2) is 0 Å². The van der Waals surface area contributed by atoms with Crippen LogP contribution in [0.1, 0.15) is 42.1 Å². The van der Waals surface area contributed by atoms with Gasteiger partial charge >= 0.3 is 0 Å². The highest BCUT2D eigenvalue weighted by molar-refractivity contribution is 5.41. The standard InChI is InChI=1S/C20H22N4O/c1-3-25-16-10-8-15(9-11-16)18-12-19(17-7-5-4-6-14(17)2)24-20(23-18)21-13-22-24/h4-11,13,18-19H,3,12H2,1-2H3,(H,21,22,23)/t18-,19-/m1/s1. The van der Waals surface area contributed by atoms with Gasteiger partial charge in [-0.3, -0.25) is 0 Å². The highest BCUT2D eigenvalue weighted by Gasteiger charge is 2.30. The molecule has 25 heavy (non-hydrogen) atoms. The number of ether oxygens (including phenoxy) is 1. The Kier molecular flexibility index (Phi) is 4.14. The molecule has 3 aromatic rings. The Morgan fingerprint density at radius 3 is 2.72 bits per heavy atom. The maximum atomic E-state index is 5.55. The molecule has 1 aliphatic heterocycles. The molecule has 0 amide bonds. The zero-order valence-electron chi connectivity index (χ0n) is 14.5. The van der Waals surface area contributed by atoms with E-state index in [1.807, 2.05) is 23.7 Å². The van der Waals surface area contributed by atoms with Gasteiger partial charge in [-0.2, -0.15) is 10.1 Å². The van der Waals surface area contributed by atoms with Gasteiger partial charge in [0.05, 0.1) is 18.7 Å². The van der Waals surface area contributed by atoms with Crippen LogP contribution in [0, 0.1) is 6.92 Å². The molecule has 1 aliphatic rings. The maximum Gasteiger partial charge on any atom is 0.222 e. The summed E-state index contributed by atoms with van der Waals surface area (Å²) in [5.74, 6) is 1.72. The normalized spacial score (nSPS) is 19.1.